The first-order chi connectivity index (χ1) is 29.7. The van der Waals surface area contributed by atoms with Gasteiger partial charge in [0, 0.05) is 42.6 Å². The molecule has 0 fully saturated rings. The van der Waals surface area contributed by atoms with E-state index in [0.29, 0.717) is 0 Å². The second-order valence-electron chi connectivity index (χ2n) is 15.3. The first-order valence-electron chi connectivity index (χ1n) is 20.5. The molecule has 60 heavy (non-hydrogen) atoms. The minimum Gasteiger partial charge on any atom is -0.311 e. The highest BCUT2D eigenvalue weighted by Gasteiger charge is 2.17. The Balaban J connectivity index is 0.960. The number of hydrogen-bond donors (Lipinski definition) is 0. The van der Waals surface area contributed by atoms with Crippen molar-refractivity contribution in [2.45, 2.75) is 0 Å². The lowest BCUT2D eigenvalue weighted by molar-refractivity contribution is 1.28. The van der Waals surface area contributed by atoms with Gasteiger partial charge in [-0.2, -0.15) is 0 Å². The molecule has 2 heteroatoms. The van der Waals surface area contributed by atoms with Crippen LogP contribution in [0.25, 0.3) is 86.6 Å². The number of nitrogens with zero attached hydrogens (tertiary/aromatic N) is 1. The van der Waals surface area contributed by atoms with Gasteiger partial charge < -0.3 is 4.90 Å². The van der Waals surface area contributed by atoms with Gasteiger partial charge in [0.05, 0.1) is 0 Å². The Hall–Kier alpha value is -7.52. The van der Waals surface area contributed by atoms with E-state index in [1.807, 2.05) is 11.3 Å². The van der Waals surface area contributed by atoms with Crippen molar-refractivity contribution in [2.24, 2.45) is 0 Å². The van der Waals surface area contributed by atoms with Gasteiger partial charge in [-0.25, -0.2) is 0 Å². The predicted molar refractivity (Wildman–Crippen MR) is 259 cm³/mol. The van der Waals surface area contributed by atoms with Crippen molar-refractivity contribution < 1.29 is 0 Å². The van der Waals surface area contributed by atoms with Crippen LogP contribution in [-0.2, 0) is 0 Å². The van der Waals surface area contributed by atoms with Crippen LogP contribution in [0.3, 0.4) is 0 Å². The van der Waals surface area contributed by atoms with Gasteiger partial charge in [-0.1, -0.05) is 188 Å². The van der Waals surface area contributed by atoms with Gasteiger partial charge in [0.2, 0.25) is 0 Å². The van der Waals surface area contributed by atoms with Crippen LogP contribution < -0.4 is 4.90 Å². The molecular formula is C58H39NS. The molecule has 0 aliphatic carbocycles. The zero-order chi connectivity index (χ0) is 39.8. The third-order valence-corrected chi connectivity index (χ3v) is 12.9. The third-order valence-electron chi connectivity index (χ3n) is 11.7. The second-order valence-corrected chi connectivity index (χ2v) is 16.4. The first kappa shape index (κ1) is 35.6. The van der Waals surface area contributed by atoms with Crippen molar-refractivity contribution >= 4 is 59.3 Å². The molecule has 1 heterocycles. The van der Waals surface area contributed by atoms with Gasteiger partial charge in [0.15, 0.2) is 0 Å². The van der Waals surface area contributed by atoms with E-state index in [1.54, 1.807) is 0 Å². The summed E-state index contributed by atoms with van der Waals surface area (Å²) in [5.41, 5.74) is 15.4. The predicted octanol–water partition coefficient (Wildman–Crippen LogP) is 17.0. The lowest BCUT2D eigenvalue weighted by Crippen LogP contribution is -2.09. The van der Waals surface area contributed by atoms with Crippen molar-refractivity contribution in [1.82, 2.24) is 0 Å². The molecule has 0 aliphatic heterocycles. The highest BCUT2D eigenvalue weighted by Crippen LogP contribution is 2.44. The second kappa shape index (κ2) is 15.3. The summed E-state index contributed by atoms with van der Waals surface area (Å²) >= 11 is 1.89. The standard InChI is InChI=1S/C58H39NS/c1-3-11-40(12-4-1)42-19-23-44(24-20-42)46-27-33-49(34-28-46)59(50-35-29-47(30-36-50)45-25-21-43(22-26-45)41-13-5-2-6-14-41)51-37-31-48(32-38-51)55-39-56-53-16-9-10-18-57(53)60-58(56)54-17-8-7-15-52(54)55/h1-39H. The molecule has 0 unspecified atom stereocenters. The van der Waals surface area contributed by atoms with E-state index in [9.17, 15) is 0 Å². The van der Waals surface area contributed by atoms with Crippen LogP contribution in [-0.4, -0.2) is 0 Å². The average Bonchev–Trinajstić information content (AvgIpc) is 3.72. The Morgan fingerprint density at radius 2 is 0.583 bits per heavy atom. The summed E-state index contributed by atoms with van der Waals surface area (Å²) in [4.78, 5) is 2.36. The molecule has 0 radical (unpaired) electrons. The molecule has 0 bridgehead atoms. The third kappa shape index (κ3) is 6.63. The molecule has 0 amide bonds. The molecule has 0 saturated heterocycles. The van der Waals surface area contributed by atoms with Crippen LogP contribution in [0.4, 0.5) is 17.1 Å². The summed E-state index contributed by atoms with van der Waals surface area (Å²) in [5.74, 6) is 0. The zero-order valence-electron chi connectivity index (χ0n) is 32.9. The van der Waals surface area contributed by atoms with Crippen molar-refractivity contribution in [2.75, 3.05) is 4.90 Å². The minimum absolute atomic E-state index is 1.10. The highest BCUT2D eigenvalue weighted by molar-refractivity contribution is 7.26. The van der Waals surface area contributed by atoms with Crippen molar-refractivity contribution in [3.05, 3.63) is 237 Å². The average molecular weight is 782 g/mol. The molecule has 10 aromatic carbocycles. The lowest BCUT2D eigenvalue weighted by atomic mass is 9.95. The van der Waals surface area contributed by atoms with Gasteiger partial charge in [0.25, 0.3) is 0 Å². The maximum atomic E-state index is 2.40. The van der Waals surface area contributed by atoms with Gasteiger partial charge in [0.1, 0.15) is 0 Å². The summed E-state index contributed by atoms with van der Waals surface area (Å²) < 4.78 is 2.68. The van der Waals surface area contributed by atoms with Crippen molar-refractivity contribution in [1.29, 1.82) is 0 Å². The summed E-state index contributed by atoms with van der Waals surface area (Å²) in [6, 6.07) is 85.9. The van der Waals surface area contributed by atoms with Gasteiger partial charge in [-0.3, -0.25) is 0 Å². The summed E-state index contributed by atoms with van der Waals surface area (Å²) in [6.07, 6.45) is 0. The minimum atomic E-state index is 1.10. The molecule has 282 valence electrons. The Labute approximate surface area is 354 Å². The molecule has 0 saturated carbocycles. The number of benzene rings is 10. The fourth-order valence-corrected chi connectivity index (χ4v) is 9.82. The number of hydrogen-bond acceptors (Lipinski definition) is 2. The molecule has 0 aliphatic rings. The number of fused-ring (bicyclic) bond motifs is 5. The normalized spacial score (nSPS) is 11.3. The molecule has 11 rings (SSSR count). The van der Waals surface area contributed by atoms with Crippen LogP contribution >= 0.6 is 11.3 Å². The van der Waals surface area contributed by atoms with E-state index in [0.717, 1.165) is 17.1 Å². The Kier molecular flexibility index (Phi) is 9.11. The SMILES string of the molecule is c1ccc(-c2ccc(-c3ccc(N(c4ccc(-c5ccc(-c6ccccc6)cc5)cc4)c4ccc(-c5cc6c7ccccc7sc6c6ccccc56)cc4)cc3)cc2)cc1. The quantitative estimate of drug-likeness (QED) is 0.148. The maximum absolute atomic E-state index is 2.40. The Morgan fingerprint density at radius 3 is 1.03 bits per heavy atom. The van der Waals surface area contributed by atoms with E-state index in [4.69, 9.17) is 0 Å². The van der Waals surface area contributed by atoms with Crippen LogP contribution in [0, 0.1) is 0 Å². The zero-order valence-corrected chi connectivity index (χ0v) is 33.7. The highest BCUT2D eigenvalue weighted by atomic mass is 32.1. The van der Waals surface area contributed by atoms with Crippen LogP contribution in [0.15, 0.2) is 237 Å². The fourth-order valence-electron chi connectivity index (χ4n) is 8.60. The number of rotatable bonds is 8. The van der Waals surface area contributed by atoms with E-state index in [2.05, 4.69) is 241 Å². The van der Waals surface area contributed by atoms with Crippen LogP contribution in [0.2, 0.25) is 0 Å². The monoisotopic (exact) mass is 781 g/mol. The maximum Gasteiger partial charge on any atom is 0.0462 e. The molecule has 0 spiro atoms. The summed E-state index contributed by atoms with van der Waals surface area (Å²) in [6.45, 7) is 0. The Bertz CT molecular complexity index is 3110. The molecule has 0 atom stereocenters. The van der Waals surface area contributed by atoms with Crippen molar-refractivity contribution in [3.63, 3.8) is 0 Å². The van der Waals surface area contributed by atoms with E-state index in [1.165, 1.54) is 86.6 Å². The van der Waals surface area contributed by atoms with Gasteiger partial charge >= 0.3 is 0 Å². The number of anilines is 3. The van der Waals surface area contributed by atoms with Gasteiger partial charge in [-0.05, 0) is 110 Å². The molecular weight excluding hydrogens is 743 g/mol. The molecule has 1 nitrogen and oxygen atoms in total. The molecule has 0 N–H and O–H groups in total. The van der Waals surface area contributed by atoms with Crippen LogP contribution in [0.1, 0.15) is 0 Å². The summed E-state index contributed by atoms with van der Waals surface area (Å²) in [7, 11) is 0. The van der Waals surface area contributed by atoms with E-state index >= 15 is 0 Å². The Morgan fingerprint density at radius 1 is 0.250 bits per heavy atom. The topological polar surface area (TPSA) is 3.24 Å². The smallest absolute Gasteiger partial charge is 0.0462 e. The largest absolute Gasteiger partial charge is 0.311 e. The molecule has 11 aromatic rings. The van der Waals surface area contributed by atoms with E-state index in [-0.39, 0.29) is 0 Å². The first-order valence-corrected chi connectivity index (χ1v) is 21.3. The molecule has 1 aromatic heterocycles. The fraction of sp³-hybridized carbons (Fsp3) is 0. The van der Waals surface area contributed by atoms with E-state index < -0.39 is 0 Å². The van der Waals surface area contributed by atoms with Gasteiger partial charge in [-0.15, -0.1) is 11.3 Å². The summed E-state index contributed by atoms with van der Waals surface area (Å²) in [5, 5.41) is 5.22. The van der Waals surface area contributed by atoms with Crippen LogP contribution in [0.5, 0.6) is 0 Å². The number of thiophene rings is 1. The lowest BCUT2D eigenvalue weighted by Gasteiger charge is -2.26. The van der Waals surface area contributed by atoms with Crippen molar-refractivity contribution in [3.8, 4) is 55.6 Å².